The van der Waals surface area contributed by atoms with Crippen LogP contribution in [0.4, 0.5) is 0 Å². The zero-order chi connectivity index (χ0) is 23.9. The highest BCUT2D eigenvalue weighted by Crippen LogP contribution is 2.43. The van der Waals surface area contributed by atoms with Gasteiger partial charge in [-0.2, -0.15) is 11.8 Å². The van der Waals surface area contributed by atoms with E-state index in [2.05, 4.69) is 31.2 Å². The third-order valence-electron chi connectivity index (χ3n) is 6.30. The van der Waals surface area contributed by atoms with E-state index < -0.39 is 6.29 Å². The molecule has 34 heavy (non-hydrogen) atoms. The molecule has 0 unspecified atom stereocenters. The fraction of sp³-hybridized carbons (Fsp3) is 0.357. The maximum Gasteiger partial charge on any atom is 0.184 e. The second-order valence-corrected chi connectivity index (χ2v) is 9.80. The molecule has 1 fully saturated rings. The van der Waals surface area contributed by atoms with E-state index in [1.54, 1.807) is 11.8 Å². The molecule has 4 atom stereocenters. The van der Waals surface area contributed by atoms with E-state index in [1.807, 2.05) is 48.5 Å². The first-order valence-corrected chi connectivity index (χ1v) is 12.9. The molecule has 1 heterocycles. The lowest BCUT2D eigenvalue weighted by Gasteiger charge is -2.41. The first kappa shape index (κ1) is 24.9. The van der Waals surface area contributed by atoms with Gasteiger partial charge in [-0.15, -0.1) is 0 Å². The van der Waals surface area contributed by atoms with Gasteiger partial charge < -0.3 is 25.4 Å². The van der Waals surface area contributed by atoms with E-state index in [1.165, 1.54) is 0 Å². The van der Waals surface area contributed by atoms with E-state index in [4.69, 9.17) is 15.2 Å². The van der Waals surface area contributed by atoms with Crippen LogP contribution in [-0.2, 0) is 22.6 Å². The van der Waals surface area contributed by atoms with Crippen LogP contribution in [0.3, 0.4) is 0 Å². The first-order valence-electron chi connectivity index (χ1n) is 11.7. The Labute approximate surface area is 205 Å². The molecular weight excluding hydrogens is 446 g/mol. The van der Waals surface area contributed by atoms with E-state index in [0.29, 0.717) is 12.3 Å². The number of aliphatic hydroxyl groups excluding tert-OH is 2. The van der Waals surface area contributed by atoms with E-state index in [9.17, 15) is 10.2 Å². The Bertz CT molecular complexity index is 1060. The van der Waals surface area contributed by atoms with E-state index >= 15 is 0 Å². The molecule has 5 nitrogen and oxygen atoms in total. The highest BCUT2D eigenvalue weighted by atomic mass is 32.2. The lowest BCUT2D eigenvalue weighted by atomic mass is 9.91. The molecule has 1 saturated heterocycles. The van der Waals surface area contributed by atoms with Crippen LogP contribution in [0.1, 0.15) is 41.6 Å². The molecule has 180 valence electrons. The van der Waals surface area contributed by atoms with Crippen LogP contribution in [0.5, 0.6) is 0 Å². The van der Waals surface area contributed by atoms with Crippen molar-refractivity contribution in [2.45, 2.75) is 38.6 Å². The second-order valence-electron chi connectivity index (χ2n) is 8.65. The van der Waals surface area contributed by atoms with Gasteiger partial charge in [-0.25, -0.2) is 0 Å². The molecular formula is C28H33NO4S. The SMILES string of the molecule is C[C@@H]1[C@H](CSCCO)O[C@H](c2cccc(-c3cccc(CN)c3)c2)O[C@@H]1c1ccc(CO)cc1. The highest BCUT2D eigenvalue weighted by Gasteiger charge is 2.38. The number of rotatable bonds is 9. The number of ether oxygens (including phenoxy) is 2. The van der Waals surface area contributed by atoms with E-state index in [-0.39, 0.29) is 31.3 Å². The molecule has 0 radical (unpaired) electrons. The summed E-state index contributed by atoms with van der Waals surface area (Å²) in [7, 11) is 0. The van der Waals surface area contributed by atoms with Crippen molar-refractivity contribution in [3.8, 4) is 11.1 Å². The molecule has 3 aromatic carbocycles. The molecule has 0 spiro atoms. The van der Waals surface area contributed by atoms with Crippen LogP contribution < -0.4 is 5.73 Å². The van der Waals surface area contributed by atoms with Crippen molar-refractivity contribution in [1.29, 1.82) is 0 Å². The van der Waals surface area contributed by atoms with Gasteiger partial charge in [0.05, 0.1) is 25.4 Å². The molecule has 4 rings (SSSR count). The van der Waals surface area contributed by atoms with Crippen molar-refractivity contribution < 1.29 is 19.7 Å². The minimum Gasteiger partial charge on any atom is -0.396 e. The van der Waals surface area contributed by atoms with Crippen LogP contribution in [0.25, 0.3) is 11.1 Å². The molecule has 0 aliphatic carbocycles. The lowest BCUT2D eigenvalue weighted by Crippen LogP contribution is -2.38. The maximum atomic E-state index is 9.42. The summed E-state index contributed by atoms with van der Waals surface area (Å²) < 4.78 is 13.0. The summed E-state index contributed by atoms with van der Waals surface area (Å²) in [4.78, 5) is 0. The van der Waals surface area contributed by atoms with Gasteiger partial charge in [0.2, 0.25) is 0 Å². The van der Waals surface area contributed by atoms with Gasteiger partial charge in [0.15, 0.2) is 6.29 Å². The Balaban J connectivity index is 1.62. The minimum absolute atomic E-state index is 0.0195. The fourth-order valence-electron chi connectivity index (χ4n) is 4.32. The van der Waals surface area contributed by atoms with Crippen molar-refractivity contribution in [2.24, 2.45) is 11.7 Å². The van der Waals surface area contributed by atoms with Crippen molar-refractivity contribution in [3.05, 3.63) is 95.1 Å². The van der Waals surface area contributed by atoms with Crippen LogP contribution in [0.2, 0.25) is 0 Å². The Kier molecular flexibility index (Phi) is 8.78. The second kappa shape index (κ2) is 12.0. The van der Waals surface area contributed by atoms with E-state index in [0.717, 1.165) is 39.1 Å². The number of benzene rings is 3. The van der Waals surface area contributed by atoms with Gasteiger partial charge in [-0.3, -0.25) is 0 Å². The summed E-state index contributed by atoms with van der Waals surface area (Å²) in [5.74, 6) is 1.60. The van der Waals surface area contributed by atoms with Crippen molar-refractivity contribution in [2.75, 3.05) is 18.1 Å². The maximum absolute atomic E-state index is 9.42. The Morgan fingerprint density at radius 1 is 0.853 bits per heavy atom. The standard InChI is InChI=1S/C28H33NO4S/c1-19-26(18-34-13-12-30)32-28(33-27(19)22-10-8-20(17-31)9-11-22)25-7-3-6-24(15-25)23-5-2-4-21(14-23)16-29/h2-11,14-15,19,26-28,30-31H,12-13,16-18,29H2,1H3/t19-,26+,27+,28+/m1/s1. The quantitative estimate of drug-likeness (QED) is 0.382. The van der Waals surface area contributed by atoms with Crippen LogP contribution in [0, 0.1) is 5.92 Å². The molecule has 0 amide bonds. The average molecular weight is 480 g/mol. The number of thioether (sulfide) groups is 1. The number of hydrogen-bond acceptors (Lipinski definition) is 6. The van der Waals surface area contributed by atoms with Gasteiger partial charge in [0.25, 0.3) is 0 Å². The largest absolute Gasteiger partial charge is 0.396 e. The predicted molar refractivity (Wildman–Crippen MR) is 137 cm³/mol. The van der Waals surface area contributed by atoms with Crippen molar-refractivity contribution >= 4 is 11.8 Å². The van der Waals surface area contributed by atoms with Gasteiger partial charge >= 0.3 is 0 Å². The van der Waals surface area contributed by atoms with Crippen LogP contribution in [-0.4, -0.2) is 34.4 Å². The lowest BCUT2D eigenvalue weighted by molar-refractivity contribution is -0.268. The fourth-order valence-corrected chi connectivity index (χ4v) is 5.23. The molecule has 1 aliphatic heterocycles. The average Bonchev–Trinajstić information content (AvgIpc) is 2.90. The molecule has 3 aromatic rings. The molecule has 0 saturated carbocycles. The van der Waals surface area contributed by atoms with Crippen molar-refractivity contribution in [3.63, 3.8) is 0 Å². The highest BCUT2D eigenvalue weighted by molar-refractivity contribution is 7.99. The summed E-state index contributed by atoms with van der Waals surface area (Å²) >= 11 is 1.69. The number of nitrogens with two attached hydrogens (primary N) is 1. The van der Waals surface area contributed by atoms with Gasteiger partial charge in [0, 0.05) is 29.5 Å². The zero-order valence-corrected chi connectivity index (χ0v) is 20.3. The predicted octanol–water partition coefficient (Wildman–Crippen LogP) is 4.82. The first-order chi connectivity index (χ1) is 16.6. The molecule has 1 aliphatic rings. The molecule has 4 N–H and O–H groups in total. The van der Waals surface area contributed by atoms with Crippen LogP contribution >= 0.6 is 11.8 Å². The zero-order valence-electron chi connectivity index (χ0n) is 19.5. The Morgan fingerprint density at radius 3 is 2.29 bits per heavy atom. The topological polar surface area (TPSA) is 84.9 Å². The van der Waals surface area contributed by atoms with Gasteiger partial charge in [-0.1, -0.05) is 67.6 Å². The normalized spacial score (nSPS) is 22.6. The minimum atomic E-state index is -0.504. The van der Waals surface area contributed by atoms with Gasteiger partial charge in [0.1, 0.15) is 0 Å². The Morgan fingerprint density at radius 2 is 1.59 bits per heavy atom. The summed E-state index contributed by atoms with van der Waals surface area (Å²) in [6, 6.07) is 24.5. The summed E-state index contributed by atoms with van der Waals surface area (Å²) in [5.41, 5.74) is 12.1. The molecule has 0 bridgehead atoms. The monoisotopic (exact) mass is 479 g/mol. The number of hydrogen-bond donors (Lipinski definition) is 3. The summed E-state index contributed by atoms with van der Waals surface area (Å²) in [5, 5.41) is 18.6. The Hall–Kier alpha value is -2.19. The van der Waals surface area contributed by atoms with Gasteiger partial charge in [-0.05, 0) is 39.9 Å². The molecule has 0 aromatic heterocycles. The number of aliphatic hydroxyl groups is 2. The summed E-state index contributed by atoms with van der Waals surface area (Å²) in [6.07, 6.45) is -0.673. The summed E-state index contributed by atoms with van der Waals surface area (Å²) in [6.45, 7) is 2.83. The molecule has 6 heteroatoms. The van der Waals surface area contributed by atoms with Crippen LogP contribution in [0.15, 0.2) is 72.8 Å². The van der Waals surface area contributed by atoms with Crippen molar-refractivity contribution in [1.82, 2.24) is 0 Å². The third-order valence-corrected chi connectivity index (χ3v) is 7.33. The third kappa shape index (κ3) is 5.89. The smallest absolute Gasteiger partial charge is 0.184 e.